The van der Waals surface area contributed by atoms with Gasteiger partial charge >= 0.3 is 12.1 Å². The van der Waals surface area contributed by atoms with Gasteiger partial charge in [0.25, 0.3) is 0 Å². The molecule has 1 aromatic rings. The maximum absolute atomic E-state index is 11.7. The first-order valence-electron chi connectivity index (χ1n) is 6.72. The SMILES string of the molecule is CC(C)(C)OC(=O)N[C@@H](C[C@@H](N)c1ccccc1)C(=O)O. The fourth-order valence-electron chi connectivity index (χ4n) is 1.76. The second kappa shape index (κ2) is 7.08. The number of amides is 1. The molecule has 116 valence electrons. The Morgan fingerprint density at radius 3 is 2.33 bits per heavy atom. The molecule has 1 aromatic carbocycles. The van der Waals surface area contributed by atoms with Crippen LogP contribution in [0.5, 0.6) is 0 Å². The number of carbonyl (C=O) groups is 2. The van der Waals surface area contributed by atoms with Crippen molar-refractivity contribution in [2.45, 2.75) is 44.9 Å². The maximum Gasteiger partial charge on any atom is 0.408 e. The Morgan fingerprint density at radius 1 is 1.29 bits per heavy atom. The minimum absolute atomic E-state index is 0.0819. The highest BCUT2D eigenvalue weighted by molar-refractivity contribution is 5.80. The van der Waals surface area contributed by atoms with Crippen LogP contribution in [0, 0.1) is 0 Å². The van der Waals surface area contributed by atoms with Gasteiger partial charge in [0.1, 0.15) is 11.6 Å². The summed E-state index contributed by atoms with van der Waals surface area (Å²) in [6.45, 7) is 5.12. The normalized spacial score (nSPS) is 14.1. The van der Waals surface area contributed by atoms with Gasteiger partial charge in [-0.2, -0.15) is 0 Å². The van der Waals surface area contributed by atoms with E-state index >= 15 is 0 Å². The molecule has 4 N–H and O–H groups in total. The van der Waals surface area contributed by atoms with Crippen molar-refractivity contribution < 1.29 is 19.4 Å². The molecule has 0 saturated heterocycles. The van der Waals surface area contributed by atoms with Crippen molar-refractivity contribution in [3.8, 4) is 0 Å². The van der Waals surface area contributed by atoms with Crippen LogP contribution >= 0.6 is 0 Å². The number of carboxylic acids is 1. The lowest BCUT2D eigenvalue weighted by Crippen LogP contribution is -2.44. The fraction of sp³-hybridized carbons (Fsp3) is 0.467. The van der Waals surface area contributed by atoms with E-state index in [-0.39, 0.29) is 6.42 Å². The molecule has 21 heavy (non-hydrogen) atoms. The highest BCUT2D eigenvalue weighted by Gasteiger charge is 2.26. The third-order valence-corrected chi connectivity index (χ3v) is 2.71. The molecule has 0 heterocycles. The number of benzene rings is 1. The van der Waals surface area contributed by atoms with Crippen molar-refractivity contribution in [3.63, 3.8) is 0 Å². The molecule has 1 rings (SSSR count). The number of ether oxygens (including phenoxy) is 1. The Morgan fingerprint density at radius 2 is 1.86 bits per heavy atom. The van der Waals surface area contributed by atoms with Crippen LogP contribution in [0.3, 0.4) is 0 Å². The Bertz CT molecular complexity index is 482. The molecule has 0 saturated carbocycles. The predicted molar refractivity (Wildman–Crippen MR) is 78.8 cm³/mol. The summed E-state index contributed by atoms with van der Waals surface area (Å²) in [5.41, 5.74) is 6.11. The van der Waals surface area contributed by atoms with Gasteiger partial charge in [-0.1, -0.05) is 30.3 Å². The third kappa shape index (κ3) is 6.27. The van der Waals surface area contributed by atoms with Crippen LogP contribution in [0.15, 0.2) is 30.3 Å². The number of carbonyl (C=O) groups excluding carboxylic acids is 1. The number of aliphatic carboxylic acids is 1. The standard InChI is InChI=1S/C15H22N2O4/c1-15(2,3)21-14(20)17-12(13(18)19)9-11(16)10-7-5-4-6-8-10/h4-8,11-12H,9,16H2,1-3H3,(H,17,20)(H,18,19)/t11-,12+/m1/s1. The number of rotatable bonds is 5. The molecule has 0 bridgehead atoms. The zero-order valence-corrected chi connectivity index (χ0v) is 12.5. The number of hydrogen-bond acceptors (Lipinski definition) is 4. The Balaban J connectivity index is 2.66. The molecule has 0 aromatic heterocycles. The van der Waals surface area contributed by atoms with Crippen molar-refractivity contribution in [2.75, 3.05) is 0 Å². The largest absolute Gasteiger partial charge is 0.480 e. The van der Waals surface area contributed by atoms with Crippen LogP contribution < -0.4 is 11.1 Å². The average Bonchev–Trinajstić information content (AvgIpc) is 2.36. The molecule has 6 nitrogen and oxygen atoms in total. The zero-order chi connectivity index (χ0) is 16.0. The molecular formula is C15H22N2O4. The van der Waals surface area contributed by atoms with Gasteiger partial charge < -0.3 is 20.9 Å². The number of hydrogen-bond donors (Lipinski definition) is 3. The minimum atomic E-state index is -1.15. The zero-order valence-electron chi connectivity index (χ0n) is 12.5. The van der Waals surface area contributed by atoms with E-state index in [0.29, 0.717) is 0 Å². The van der Waals surface area contributed by atoms with Crippen molar-refractivity contribution in [3.05, 3.63) is 35.9 Å². The van der Waals surface area contributed by atoms with Gasteiger partial charge in [0.15, 0.2) is 0 Å². The molecule has 2 atom stereocenters. The summed E-state index contributed by atoms with van der Waals surface area (Å²) in [5.74, 6) is -1.15. The molecule has 1 amide bonds. The second-order valence-corrected chi connectivity index (χ2v) is 5.79. The van der Waals surface area contributed by atoms with Crippen LogP contribution in [0.25, 0.3) is 0 Å². The Hall–Kier alpha value is -2.08. The summed E-state index contributed by atoms with van der Waals surface area (Å²) in [7, 11) is 0. The van der Waals surface area contributed by atoms with Gasteiger partial charge in [-0.15, -0.1) is 0 Å². The lowest BCUT2D eigenvalue weighted by molar-refractivity contribution is -0.139. The number of nitrogens with one attached hydrogen (secondary N) is 1. The van der Waals surface area contributed by atoms with Crippen molar-refractivity contribution in [1.82, 2.24) is 5.32 Å². The third-order valence-electron chi connectivity index (χ3n) is 2.71. The molecule has 0 spiro atoms. The van der Waals surface area contributed by atoms with Crippen LogP contribution in [0.1, 0.15) is 38.8 Å². The van der Waals surface area contributed by atoms with Crippen LogP contribution in [-0.4, -0.2) is 28.8 Å². The summed E-state index contributed by atoms with van der Waals surface area (Å²) >= 11 is 0. The Labute approximate surface area is 124 Å². The van der Waals surface area contributed by atoms with Crippen molar-refractivity contribution >= 4 is 12.1 Å². The van der Waals surface area contributed by atoms with Gasteiger partial charge in [0, 0.05) is 6.04 Å². The van der Waals surface area contributed by atoms with Crippen LogP contribution in [0.2, 0.25) is 0 Å². The predicted octanol–water partition coefficient (Wildman–Crippen LogP) is 2.05. The van der Waals surface area contributed by atoms with E-state index in [9.17, 15) is 14.7 Å². The summed E-state index contributed by atoms with van der Waals surface area (Å²) in [6.07, 6.45) is -0.686. The molecule has 0 unspecified atom stereocenters. The summed E-state index contributed by atoms with van der Waals surface area (Å²) in [6, 6.07) is 7.55. The maximum atomic E-state index is 11.7. The topological polar surface area (TPSA) is 102 Å². The second-order valence-electron chi connectivity index (χ2n) is 5.79. The minimum Gasteiger partial charge on any atom is -0.480 e. The summed E-state index contributed by atoms with van der Waals surface area (Å²) in [4.78, 5) is 22.9. The highest BCUT2D eigenvalue weighted by atomic mass is 16.6. The van der Waals surface area contributed by atoms with E-state index in [1.54, 1.807) is 20.8 Å². The monoisotopic (exact) mass is 294 g/mol. The lowest BCUT2D eigenvalue weighted by atomic mass is 10.0. The molecule has 0 fully saturated rings. The van der Waals surface area contributed by atoms with Crippen LogP contribution in [-0.2, 0) is 9.53 Å². The summed E-state index contributed by atoms with van der Waals surface area (Å²) < 4.78 is 5.05. The van der Waals surface area contributed by atoms with Crippen LogP contribution in [0.4, 0.5) is 4.79 Å². The van der Waals surface area contributed by atoms with Gasteiger partial charge in [0.2, 0.25) is 0 Å². The van der Waals surface area contributed by atoms with Gasteiger partial charge in [-0.3, -0.25) is 0 Å². The first-order chi connectivity index (χ1) is 9.69. The average molecular weight is 294 g/mol. The van der Waals surface area contributed by atoms with E-state index in [4.69, 9.17) is 10.5 Å². The smallest absolute Gasteiger partial charge is 0.408 e. The van der Waals surface area contributed by atoms with Gasteiger partial charge in [-0.05, 0) is 32.8 Å². The van der Waals surface area contributed by atoms with Crippen molar-refractivity contribution in [2.24, 2.45) is 5.73 Å². The number of alkyl carbamates (subject to hydrolysis) is 1. The van der Waals surface area contributed by atoms with Gasteiger partial charge in [-0.25, -0.2) is 9.59 Å². The quantitative estimate of drug-likeness (QED) is 0.771. The molecular weight excluding hydrogens is 272 g/mol. The van der Waals surface area contributed by atoms with Crippen molar-refractivity contribution in [1.29, 1.82) is 0 Å². The van der Waals surface area contributed by atoms with Gasteiger partial charge in [0.05, 0.1) is 0 Å². The number of carboxylic acid groups (broad SMARTS) is 1. The first kappa shape index (κ1) is 17.0. The Kier molecular flexibility index (Phi) is 5.72. The highest BCUT2D eigenvalue weighted by Crippen LogP contribution is 2.16. The van der Waals surface area contributed by atoms with E-state index in [1.165, 1.54) is 0 Å². The van der Waals surface area contributed by atoms with E-state index in [0.717, 1.165) is 5.56 Å². The molecule has 0 aliphatic carbocycles. The fourth-order valence-corrected chi connectivity index (χ4v) is 1.76. The first-order valence-corrected chi connectivity index (χ1v) is 6.72. The van der Waals surface area contributed by atoms with E-state index in [1.807, 2.05) is 30.3 Å². The lowest BCUT2D eigenvalue weighted by Gasteiger charge is -2.23. The molecule has 0 aliphatic rings. The van der Waals surface area contributed by atoms with E-state index < -0.39 is 29.7 Å². The molecule has 0 radical (unpaired) electrons. The summed E-state index contributed by atoms with van der Waals surface area (Å²) in [5, 5.41) is 11.5. The molecule has 0 aliphatic heterocycles. The van der Waals surface area contributed by atoms with E-state index in [2.05, 4.69) is 5.32 Å². The number of nitrogens with two attached hydrogens (primary N) is 1. The molecule has 6 heteroatoms.